The number of unbranched alkanes of at least 4 members (excludes halogenated alkanes) is 3. The SMILES string of the molecule is CCC[CH2][Sn]([CH2]CCC)([CH2]CCC)[CH2]OC1COC(C)(C)OCC1N. The average Bonchev–Trinajstić information content (AvgIpc) is 2.72. The summed E-state index contributed by atoms with van der Waals surface area (Å²) in [6.07, 6.45) is 7.98. The molecule has 0 aliphatic carbocycles. The number of hydrogen-bond acceptors (Lipinski definition) is 4. The molecule has 0 amide bonds. The molecular formula is C20H43NO3Sn. The quantitative estimate of drug-likeness (QED) is 0.419. The van der Waals surface area contributed by atoms with Crippen molar-refractivity contribution in [3.05, 3.63) is 0 Å². The summed E-state index contributed by atoms with van der Waals surface area (Å²) in [6.45, 7) is 11.9. The first-order valence-corrected chi connectivity index (χ1v) is 18.6. The Morgan fingerprint density at radius 2 is 1.40 bits per heavy atom. The van der Waals surface area contributed by atoms with E-state index in [2.05, 4.69) is 20.8 Å². The standard InChI is InChI=1S/C8H16NO3.3C4H9.Sn/c1-8(2)11-4-6(9)7(10-3)5-12-8;3*1-3-4-2;/h6-7H,3-5,9H2,1-2H3;3*1,3-4H2,2H3;. The Labute approximate surface area is 160 Å². The van der Waals surface area contributed by atoms with Crippen LogP contribution in [0.4, 0.5) is 0 Å². The topological polar surface area (TPSA) is 53.7 Å². The predicted octanol–water partition coefficient (Wildman–Crippen LogP) is 4.87. The molecular weight excluding hydrogens is 421 g/mol. The normalized spacial score (nSPS) is 24.2. The van der Waals surface area contributed by atoms with Gasteiger partial charge in [-0.2, -0.15) is 0 Å². The van der Waals surface area contributed by atoms with Crippen molar-refractivity contribution in [3.63, 3.8) is 0 Å². The van der Waals surface area contributed by atoms with Gasteiger partial charge in [-0.3, -0.25) is 0 Å². The molecule has 0 saturated carbocycles. The number of hydrogen-bond donors (Lipinski definition) is 1. The molecule has 1 fully saturated rings. The van der Waals surface area contributed by atoms with Crippen molar-refractivity contribution in [2.24, 2.45) is 5.73 Å². The van der Waals surface area contributed by atoms with Gasteiger partial charge in [0.2, 0.25) is 0 Å². The molecule has 4 nitrogen and oxygen atoms in total. The fraction of sp³-hybridized carbons (Fsp3) is 1.00. The van der Waals surface area contributed by atoms with Crippen LogP contribution < -0.4 is 5.73 Å². The molecule has 25 heavy (non-hydrogen) atoms. The van der Waals surface area contributed by atoms with Gasteiger partial charge in [0.1, 0.15) is 0 Å². The van der Waals surface area contributed by atoms with Gasteiger partial charge in [0.05, 0.1) is 0 Å². The van der Waals surface area contributed by atoms with Crippen molar-refractivity contribution in [1.82, 2.24) is 0 Å². The Morgan fingerprint density at radius 1 is 0.920 bits per heavy atom. The van der Waals surface area contributed by atoms with Crippen LogP contribution in [0.5, 0.6) is 0 Å². The maximum atomic E-state index is 6.49. The van der Waals surface area contributed by atoms with Crippen LogP contribution in [0.2, 0.25) is 13.3 Å². The summed E-state index contributed by atoms with van der Waals surface area (Å²) >= 11 is -2.27. The van der Waals surface area contributed by atoms with Crippen LogP contribution in [0.3, 0.4) is 0 Å². The zero-order chi connectivity index (χ0) is 18.8. The van der Waals surface area contributed by atoms with E-state index in [0.29, 0.717) is 13.2 Å². The summed E-state index contributed by atoms with van der Waals surface area (Å²) in [6, 6.07) is -0.0886. The van der Waals surface area contributed by atoms with E-state index in [0.717, 1.165) is 4.62 Å². The first-order valence-electron chi connectivity index (χ1n) is 10.5. The van der Waals surface area contributed by atoms with Gasteiger partial charge in [-0.25, -0.2) is 0 Å². The molecule has 1 rings (SSSR count). The monoisotopic (exact) mass is 465 g/mol. The second-order valence-electron chi connectivity index (χ2n) is 8.35. The van der Waals surface area contributed by atoms with Gasteiger partial charge in [-0.15, -0.1) is 0 Å². The summed E-state index contributed by atoms with van der Waals surface area (Å²) in [7, 11) is 0. The van der Waals surface area contributed by atoms with E-state index in [9.17, 15) is 0 Å². The van der Waals surface area contributed by atoms with Crippen LogP contribution >= 0.6 is 0 Å². The van der Waals surface area contributed by atoms with Crippen LogP contribution in [0.1, 0.15) is 73.1 Å². The van der Waals surface area contributed by atoms with Crippen LogP contribution in [0, 0.1) is 0 Å². The molecule has 0 aromatic carbocycles. The molecule has 1 saturated heterocycles. The van der Waals surface area contributed by atoms with Gasteiger partial charge in [-0.1, -0.05) is 0 Å². The van der Waals surface area contributed by atoms with Crippen molar-refractivity contribution < 1.29 is 14.2 Å². The van der Waals surface area contributed by atoms with Crippen LogP contribution in [0.25, 0.3) is 0 Å². The minimum absolute atomic E-state index is 0.0253. The van der Waals surface area contributed by atoms with Gasteiger partial charge in [0.25, 0.3) is 0 Å². The Hall–Kier alpha value is 0.639. The summed E-state index contributed by atoms with van der Waals surface area (Å²) in [5.74, 6) is -0.553. The van der Waals surface area contributed by atoms with E-state index >= 15 is 0 Å². The Morgan fingerprint density at radius 3 is 1.88 bits per heavy atom. The molecule has 2 N–H and O–H groups in total. The van der Waals surface area contributed by atoms with Gasteiger partial charge in [-0.05, 0) is 0 Å². The van der Waals surface area contributed by atoms with E-state index in [-0.39, 0.29) is 12.1 Å². The second kappa shape index (κ2) is 12.2. The van der Waals surface area contributed by atoms with E-state index < -0.39 is 24.2 Å². The fourth-order valence-electron chi connectivity index (χ4n) is 3.55. The summed E-state index contributed by atoms with van der Waals surface area (Å²) < 4.78 is 23.5. The molecule has 5 heteroatoms. The number of ether oxygens (including phenoxy) is 3. The predicted molar refractivity (Wildman–Crippen MR) is 109 cm³/mol. The van der Waals surface area contributed by atoms with E-state index in [1.54, 1.807) is 0 Å². The van der Waals surface area contributed by atoms with Gasteiger partial charge in [0, 0.05) is 0 Å². The third-order valence-corrected chi connectivity index (χ3v) is 19.8. The van der Waals surface area contributed by atoms with Crippen LogP contribution in [0.15, 0.2) is 0 Å². The molecule has 1 aliphatic heterocycles. The molecule has 0 radical (unpaired) electrons. The third kappa shape index (κ3) is 8.91. The minimum atomic E-state index is -2.27. The molecule has 0 aromatic heterocycles. The third-order valence-electron chi connectivity index (χ3n) is 5.48. The molecule has 0 aromatic rings. The van der Waals surface area contributed by atoms with E-state index in [4.69, 9.17) is 19.9 Å². The Bertz CT molecular complexity index is 330. The first-order chi connectivity index (χ1) is 11.9. The summed E-state index contributed by atoms with van der Waals surface area (Å²) in [5, 5.41) is 0. The van der Waals surface area contributed by atoms with Crippen LogP contribution in [-0.2, 0) is 14.2 Å². The molecule has 1 aliphatic rings. The van der Waals surface area contributed by atoms with Gasteiger partial charge < -0.3 is 0 Å². The molecule has 0 bridgehead atoms. The summed E-state index contributed by atoms with van der Waals surface area (Å²) in [4.78, 5) is 0. The fourth-order valence-corrected chi connectivity index (χ4v) is 18.0. The molecule has 150 valence electrons. The average molecular weight is 464 g/mol. The Kier molecular flexibility index (Phi) is 11.5. The molecule has 2 atom stereocenters. The molecule has 1 heterocycles. The van der Waals surface area contributed by atoms with Gasteiger partial charge in [0.15, 0.2) is 0 Å². The zero-order valence-corrected chi connectivity index (χ0v) is 20.3. The number of nitrogens with two attached hydrogens (primary N) is 1. The van der Waals surface area contributed by atoms with Crippen molar-refractivity contribution in [1.29, 1.82) is 0 Å². The van der Waals surface area contributed by atoms with Gasteiger partial charge >= 0.3 is 161 Å². The van der Waals surface area contributed by atoms with Crippen molar-refractivity contribution in [3.8, 4) is 0 Å². The Balaban J connectivity index is 2.73. The summed E-state index contributed by atoms with van der Waals surface area (Å²) in [5.41, 5.74) is 6.32. The van der Waals surface area contributed by atoms with Crippen molar-refractivity contribution in [2.75, 3.05) is 17.8 Å². The zero-order valence-electron chi connectivity index (χ0n) is 17.4. The van der Waals surface area contributed by atoms with E-state index in [1.807, 2.05) is 13.8 Å². The number of rotatable bonds is 12. The van der Waals surface area contributed by atoms with E-state index in [1.165, 1.54) is 51.8 Å². The first kappa shape index (κ1) is 23.7. The van der Waals surface area contributed by atoms with Crippen molar-refractivity contribution in [2.45, 2.75) is 104 Å². The van der Waals surface area contributed by atoms with Crippen molar-refractivity contribution >= 4 is 18.4 Å². The second-order valence-corrected chi connectivity index (χ2v) is 22.0. The molecule has 2 unspecified atom stereocenters. The van der Waals surface area contributed by atoms with Crippen LogP contribution in [-0.4, -0.2) is 54.1 Å². The molecule has 0 spiro atoms. The maximum absolute atomic E-state index is 6.49.